The molecule has 0 aliphatic carbocycles. The third-order valence-corrected chi connectivity index (χ3v) is 8.84. The number of hydrogen-bond acceptors (Lipinski definition) is 6. The van der Waals surface area contributed by atoms with Crippen molar-refractivity contribution in [2.75, 3.05) is 39.5 Å². The molecule has 0 bridgehead atoms. The first-order valence-corrected chi connectivity index (χ1v) is 13.7. The molecule has 3 aliphatic heterocycles. The van der Waals surface area contributed by atoms with E-state index in [9.17, 15) is 9.59 Å². The van der Waals surface area contributed by atoms with E-state index in [4.69, 9.17) is 9.47 Å². The van der Waals surface area contributed by atoms with Crippen molar-refractivity contribution in [2.24, 2.45) is 0 Å². The summed E-state index contributed by atoms with van der Waals surface area (Å²) in [6.07, 6.45) is 0.963. The van der Waals surface area contributed by atoms with E-state index < -0.39 is 0 Å². The molecule has 6 rings (SSSR count). The van der Waals surface area contributed by atoms with Crippen LogP contribution >= 0.6 is 11.3 Å². The van der Waals surface area contributed by atoms with E-state index in [0.29, 0.717) is 43.2 Å². The summed E-state index contributed by atoms with van der Waals surface area (Å²) in [6, 6.07) is 15.8. The summed E-state index contributed by atoms with van der Waals surface area (Å²) in [6.45, 7) is 7.32. The Bertz CT molecular complexity index is 1330. The van der Waals surface area contributed by atoms with Gasteiger partial charge in [-0.25, -0.2) is 0 Å². The maximum Gasteiger partial charge on any atom is 0.254 e. The van der Waals surface area contributed by atoms with Crippen molar-refractivity contribution in [1.82, 2.24) is 14.7 Å². The number of rotatable bonds is 4. The van der Waals surface area contributed by atoms with Gasteiger partial charge in [-0.15, -0.1) is 11.3 Å². The zero-order valence-corrected chi connectivity index (χ0v) is 22.0. The fraction of sp³-hybridized carbons (Fsp3) is 0.379. The molecule has 0 N–H and O–H groups in total. The van der Waals surface area contributed by atoms with E-state index in [1.165, 1.54) is 21.6 Å². The van der Waals surface area contributed by atoms with Crippen LogP contribution in [0.2, 0.25) is 0 Å². The van der Waals surface area contributed by atoms with Gasteiger partial charge >= 0.3 is 0 Å². The van der Waals surface area contributed by atoms with Crippen molar-refractivity contribution >= 4 is 23.2 Å². The molecule has 2 unspecified atom stereocenters. The van der Waals surface area contributed by atoms with Crippen molar-refractivity contribution in [3.8, 4) is 11.5 Å². The van der Waals surface area contributed by atoms with Crippen LogP contribution in [0.1, 0.15) is 44.9 Å². The minimum Gasteiger partial charge on any atom is -0.454 e. The third-order valence-electron chi connectivity index (χ3n) is 7.84. The minimum absolute atomic E-state index is 0.0425. The van der Waals surface area contributed by atoms with Crippen LogP contribution in [0.25, 0.3) is 0 Å². The van der Waals surface area contributed by atoms with Gasteiger partial charge in [0.1, 0.15) is 0 Å². The van der Waals surface area contributed by atoms with Crippen LogP contribution in [0.15, 0.2) is 53.9 Å². The predicted octanol–water partition coefficient (Wildman–Crippen LogP) is 4.11. The number of nitrogens with zero attached hydrogens (tertiary/aromatic N) is 3. The molecule has 4 heterocycles. The maximum atomic E-state index is 13.7. The molecule has 1 fully saturated rings. The Hall–Kier alpha value is -3.36. The monoisotopic (exact) mass is 517 g/mol. The molecular formula is C29H31N3O4S. The lowest BCUT2D eigenvalue weighted by Crippen LogP contribution is -2.56. The Labute approximate surface area is 221 Å². The zero-order valence-electron chi connectivity index (χ0n) is 21.2. The van der Waals surface area contributed by atoms with Crippen molar-refractivity contribution in [3.63, 3.8) is 0 Å². The summed E-state index contributed by atoms with van der Waals surface area (Å²) in [5.41, 5.74) is 4.41. The Balaban J connectivity index is 1.15. The van der Waals surface area contributed by atoms with Crippen LogP contribution in [0.3, 0.4) is 0 Å². The number of fused-ring (bicyclic) bond motifs is 2. The van der Waals surface area contributed by atoms with Gasteiger partial charge in [-0.1, -0.05) is 24.3 Å². The number of piperazine rings is 1. The van der Waals surface area contributed by atoms with Gasteiger partial charge in [0.15, 0.2) is 11.5 Å². The maximum absolute atomic E-state index is 13.7. The number of benzene rings is 2. The van der Waals surface area contributed by atoms with Crippen LogP contribution in [0, 0.1) is 6.92 Å². The molecule has 1 aromatic heterocycles. The summed E-state index contributed by atoms with van der Waals surface area (Å²) in [7, 11) is 0. The molecule has 3 aromatic rings. The number of amides is 2. The van der Waals surface area contributed by atoms with Crippen LogP contribution in [0.5, 0.6) is 11.5 Å². The summed E-state index contributed by atoms with van der Waals surface area (Å²) in [5, 5.41) is 2.17. The van der Waals surface area contributed by atoms with Gasteiger partial charge in [-0.3, -0.25) is 14.5 Å². The third kappa shape index (κ3) is 4.38. The average Bonchev–Trinajstić information content (AvgIpc) is 3.61. The van der Waals surface area contributed by atoms with Gasteiger partial charge in [-0.05, 0) is 66.6 Å². The normalized spacial score (nSPS) is 20.0. The van der Waals surface area contributed by atoms with Crippen LogP contribution in [-0.4, -0.2) is 72.1 Å². The topological polar surface area (TPSA) is 62.3 Å². The van der Waals surface area contributed by atoms with E-state index in [-0.39, 0.29) is 30.7 Å². The molecule has 0 saturated carbocycles. The second-order valence-corrected chi connectivity index (χ2v) is 10.9. The van der Waals surface area contributed by atoms with E-state index >= 15 is 0 Å². The molecule has 2 atom stereocenters. The molecular weight excluding hydrogens is 486 g/mol. The molecule has 192 valence electrons. The van der Waals surface area contributed by atoms with Crippen molar-refractivity contribution < 1.29 is 19.1 Å². The fourth-order valence-electron chi connectivity index (χ4n) is 5.74. The van der Waals surface area contributed by atoms with Crippen molar-refractivity contribution in [1.29, 1.82) is 0 Å². The number of thiophene rings is 1. The number of aryl methyl sites for hydroxylation is 1. The molecule has 0 spiro atoms. The largest absolute Gasteiger partial charge is 0.454 e. The molecule has 7 nitrogen and oxygen atoms in total. The molecule has 2 amide bonds. The SMILES string of the molecule is Cc1ccccc1C1c2ccsc2CCN1C(C)C(=O)N1CCN(C(=O)c2ccc3c(c2)OCO3)CC1. The lowest BCUT2D eigenvalue weighted by atomic mass is 9.89. The van der Waals surface area contributed by atoms with Gasteiger partial charge < -0.3 is 19.3 Å². The van der Waals surface area contributed by atoms with Gasteiger partial charge in [0, 0.05) is 43.2 Å². The molecule has 0 radical (unpaired) electrons. The first-order valence-electron chi connectivity index (χ1n) is 12.9. The molecule has 1 saturated heterocycles. The smallest absolute Gasteiger partial charge is 0.254 e. The first-order chi connectivity index (χ1) is 18.0. The predicted molar refractivity (Wildman–Crippen MR) is 142 cm³/mol. The van der Waals surface area contributed by atoms with E-state index in [2.05, 4.69) is 47.5 Å². The minimum atomic E-state index is -0.256. The number of ether oxygens (including phenoxy) is 2. The Morgan fingerprint density at radius 3 is 2.49 bits per heavy atom. The highest BCUT2D eigenvalue weighted by Crippen LogP contribution is 2.40. The van der Waals surface area contributed by atoms with E-state index in [1.54, 1.807) is 18.2 Å². The second kappa shape index (κ2) is 9.84. The Morgan fingerprint density at radius 1 is 0.919 bits per heavy atom. The van der Waals surface area contributed by atoms with Crippen LogP contribution < -0.4 is 9.47 Å². The average molecular weight is 518 g/mol. The number of carbonyl (C=O) groups excluding carboxylic acids is 2. The Kier molecular flexibility index (Phi) is 6.38. The summed E-state index contributed by atoms with van der Waals surface area (Å²) in [5.74, 6) is 1.36. The van der Waals surface area contributed by atoms with Gasteiger partial charge in [0.2, 0.25) is 12.7 Å². The lowest BCUT2D eigenvalue weighted by molar-refractivity contribution is -0.138. The molecule has 2 aromatic carbocycles. The fourth-order valence-corrected chi connectivity index (χ4v) is 6.64. The van der Waals surface area contributed by atoms with E-state index in [1.807, 2.05) is 28.1 Å². The first kappa shape index (κ1) is 24.0. The van der Waals surface area contributed by atoms with E-state index in [0.717, 1.165) is 13.0 Å². The van der Waals surface area contributed by atoms with Gasteiger partial charge in [-0.2, -0.15) is 0 Å². The van der Waals surface area contributed by atoms with Gasteiger partial charge in [0.05, 0.1) is 12.1 Å². The second-order valence-electron chi connectivity index (χ2n) is 9.91. The Morgan fingerprint density at radius 2 is 1.68 bits per heavy atom. The molecule has 3 aliphatic rings. The lowest BCUT2D eigenvalue weighted by Gasteiger charge is -2.43. The molecule has 8 heteroatoms. The number of hydrogen-bond donors (Lipinski definition) is 0. The highest BCUT2D eigenvalue weighted by Gasteiger charge is 2.38. The molecule has 37 heavy (non-hydrogen) atoms. The number of carbonyl (C=O) groups is 2. The van der Waals surface area contributed by atoms with Gasteiger partial charge in [0.25, 0.3) is 5.91 Å². The standard InChI is InChI=1S/C29H31N3O4S/c1-19-5-3-4-6-22(19)27-23-10-16-37-26(23)9-11-32(27)20(2)28(33)30-12-14-31(15-13-30)29(34)21-7-8-24-25(17-21)36-18-35-24/h3-8,10,16-17,20,27H,9,11-15,18H2,1-2H3. The van der Waals surface area contributed by atoms with Crippen LogP contribution in [0.4, 0.5) is 0 Å². The van der Waals surface area contributed by atoms with Crippen LogP contribution in [-0.2, 0) is 11.2 Å². The zero-order chi connectivity index (χ0) is 25.5. The highest BCUT2D eigenvalue weighted by atomic mass is 32.1. The highest BCUT2D eigenvalue weighted by molar-refractivity contribution is 7.10. The quantitative estimate of drug-likeness (QED) is 0.521. The van der Waals surface area contributed by atoms with Crippen molar-refractivity contribution in [2.45, 2.75) is 32.4 Å². The summed E-state index contributed by atoms with van der Waals surface area (Å²) in [4.78, 5) is 34.4. The summed E-state index contributed by atoms with van der Waals surface area (Å²) < 4.78 is 10.8. The summed E-state index contributed by atoms with van der Waals surface area (Å²) >= 11 is 1.81. The van der Waals surface area contributed by atoms with Crippen molar-refractivity contribution in [3.05, 3.63) is 81.0 Å².